The third-order valence-electron chi connectivity index (χ3n) is 3.76. The van der Waals surface area contributed by atoms with E-state index in [0.29, 0.717) is 0 Å². The molecule has 0 radical (unpaired) electrons. The smallest absolute Gasteiger partial charge is 0.228 e. The van der Waals surface area contributed by atoms with Crippen molar-refractivity contribution in [3.05, 3.63) is 36.5 Å². The van der Waals surface area contributed by atoms with Crippen LogP contribution in [0.3, 0.4) is 0 Å². The first-order valence-electron chi connectivity index (χ1n) is 7.22. The summed E-state index contributed by atoms with van der Waals surface area (Å²) in [6.07, 6.45) is 7.28. The van der Waals surface area contributed by atoms with E-state index in [2.05, 4.69) is 20.6 Å². The Morgan fingerprint density at radius 2 is 2.33 bits per heavy atom. The van der Waals surface area contributed by atoms with E-state index in [1.807, 2.05) is 29.8 Å². The van der Waals surface area contributed by atoms with Gasteiger partial charge in [0, 0.05) is 18.9 Å². The second kappa shape index (κ2) is 6.05. The number of piperidine rings is 1. The number of anilines is 1. The van der Waals surface area contributed by atoms with Crippen LogP contribution >= 0.6 is 0 Å². The number of aromatic nitrogens is 3. The van der Waals surface area contributed by atoms with Gasteiger partial charge in [0.2, 0.25) is 5.91 Å². The first-order chi connectivity index (χ1) is 10.2. The van der Waals surface area contributed by atoms with Crippen molar-refractivity contribution in [2.24, 2.45) is 5.92 Å². The van der Waals surface area contributed by atoms with E-state index in [1.165, 1.54) is 0 Å². The predicted molar refractivity (Wildman–Crippen MR) is 80.3 cm³/mol. The van der Waals surface area contributed by atoms with Gasteiger partial charge in [0.1, 0.15) is 11.6 Å². The summed E-state index contributed by atoms with van der Waals surface area (Å²) in [7, 11) is 0. The number of imidazole rings is 1. The van der Waals surface area contributed by atoms with Gasteiger partial charge in [-0.3, -0.25) is 9.36 Å². The largest absolute Gasteiger partial charge is 0.324 e. The average Bonchev–Trinajstić information content (AvgIpc) is 2.95. The third-order valence-corrected chi connectivity index (χ3v) is 3.76. The van der Waals surface area contributed by atoms with E-state index < -0.39 is 0 Å². The minimum Gasteiger partial charge on any atom is -0.324 e. The summed E-state index contributed by atoms with van der Waals surface area (Å²) in [5, 5.41) is 6.18. The summed E-state index contributed by atoms with van der Waals surface area (Å²) in [6, 6.07) is 3.75. The Morgan fingerprint density at radius 3 is 2.95 bits per heavy atom. The Balaban J connectivity index is 1.67. The summed E-state index contributed by atoms with van der Waals surface area (Å²) in [5.41, 5.74) is 0.729. The molecule has 1 amide bonds. The van der Waals surface area contributed by atoms with Crippen molar-refractivity contribution >= 4 is 11.6 Å². The third kappa shape index (κ3) is 3.11. The van der Waals surface area contributed by atoms with Crippen LogP contribution in [0.4, 0.5) is 5.69 Å². The number of rotatable bonds is 3. The van der Waals surface area contributed by atoms with Gasteiger partial charge in [0.05, 0.1) is 17.8 Å². The van der Waals surface area contributed by atoms with E-state index in [9.17, 15) is 4.79 Å². The van der Waals surface area contributed by atoms with Gasteiger partial charge in [-0.15, -0.1) is 0 Å². The quantitative estimate of drug-likeness (QED) is 0.897. The standard InChI is InChI=1S/C15H19N5O/c1-11-17-7-8-20(11)14-5-4-13(10-18-14)19-15(21)12-3-2-6-16-9-12/h4-5,7-8,10,12,16H,2-3,6,9H2,1H3,(H,19,21)/t12-/m1/s1. The molecule has 0 spiro atoms. The van der Waals surface area contributed by atoms with Crippen LogP contribution in [-0.4, -0.2) is 33.5 Å². The second-order valence-corrected chi connectivity index (χ2v) is 5.28. The van der Waals surface area contributed by atoms with Crippen molar-refractivity contribution in [1.82, 2.24) is 19.9 Å². The second-order valence-electron chi connectivity index (χ2n) is 5.28. The molecule has 21 heavy (non-hydrogen) atoms. The Kier molecular flexibility index (Phi) is 3.96. The highest BCUT2D eigenvalue weighted by molar-refractivity contribution is 5.92. The van der Waals surface area contributed by atoms with Crippen molar-refractivity contribution < 1.29 is 4.79 Å². The van der Waals surface area contributed by atoms with Crippen LogP contribution in [0.2, 0.25) is 0 Å². The lowest BCUT2D eigenvalue weighted by Gasteiger charge is -2.21. The molecule has 1 aliphatic heterocycles. The summed E-state index contributed by atoms with van der Waals surface area (Å²) >= 11 is 0. The number of carbonyl (C=O) groups excluding carboxylic acids is 1. The van der Waals surface area contributed by atoms with Gasteiger partial charge in [0.25, 0.3) is 0 Å². The zero-order valence-electron chi connectivity index (χ0n) is 12.0. The highest BCUT2D eigenvalue weighted by Gasteiger charge is 2.20. The van der Waals surface area contributed by atoms with Crippen molar-refractivity contribution in [2.75, 3.05) is 18.4 Å². The van der Waals surface area contributed by atoms with Crippen LogP contribution in [-0.2, 0) is 4.79 Å². The lowest BCUT2D eigenvalue weighted by atomic mass is 9.99. The number of carbonyl (C=O) groups is 1. The van der Waals surface area contributed by atoms with Crippen molar-refractivity contribution in [3.8, 4) is 5.82 Å². The molecular weight excluding hydrogens is 266 g/mol. The molecule has 1 saturated heterocycles. The summed E-state index contributed by atoms with van der Waals surface area (Å²) in [6.45, 7) is 3.68. The fourth-order valence-corrected chi connectivity index (χ4v) is 2.54. The van der Waals surface area contributed by atoms with Gasteiger partial charge in [-0.2, -0.15) is 0 Å². The van der Waals surface area contributed by atoms with E-state index in [0.717, 1.165) is 43.3 Å². The fourth-order valence-electron chi connectivity index (χ4n) is 2.54. The fraction of sp³-hybridized carbons (Fsp3) is 0.400. The molecule has 3 heterocycles. The monoisotopic (exact) mass is 285 g/mol. The van der Waals surface area contributed by atoms with Gasteiger partial charge in [-0.25, -0.2) is 9.97 Å². The number of nitrogens with zero attached hydrogens (tertiary/aromatic N) is 3. The van der Waals surface area contributed by atoms with Crippen molar-refractivity contribution in [1.29, 1.82) is 0 Å². The van der Waals surface area contributed by atoms with Gasteiger partial charge >= 0.3 is 0 Å². The number of hydrogen-bond acceptors (Lipinski definition) is 4. The summed E-state index contributed by atoms with van der Waals surface area (Å²) in [4.78, 5) is 20.7. The van der Waals surface area contributed by atoms with Crippen LogP contribution in [0.25, 0.3) is 5.82 Å². The molecule has 2 aromatic heterocycles. The molecule has 0 unspecified atom stereocenters. The minimum atomic E-state index is 0.0503. The van der Waals surface area contributed by atoms with Gasteiger partial charge in [-0.1, -0.05) is 0 Å². The molecule has 6 nitrogen and oxygen atoms in total. The SMILES string of the molecule is Cc1nccn1-c1ccc(NC(=O)[C@@H]2CCCNC2)cn1. The Hall–Kier alpha value is -2.21. The first-order valence-corrected chi connectivity index (χ1v) is 7.22. The lowest BCUT2D eigenvalue weighted by Crippen LogP contribution is -2.37. The molecule has 1 atom stereocenters. The average molecular weight is 285 g/mol. The van der Waals surface area contributed by atoms with E-state index >= 15 is 0 Å². The molecule has 3 rings (SSSR count). The molecule has 1 fully saturated rings. The molecule has 1 aliphatic rings. The summed E-state index contributed by atoms with van der Waals surface area (Å²) in [5.74, 6) is 1.79. The number of aryl methyl sites for hydroxylation is 1. The zero-order chi connectivity index (χ0) is 14.7. The predicted octanol–water partition coefficient (Wildman–Crippen LogP) is 1.51. The van der Waals surface area contributed by atoms with Crippen LogP contribution < -0.4 is 10.6 Å². The number of nitrogens with one attached hydrogen (secondary N) is 2. The zero-order valence-corrected chi connectivity index (χ0v) is 12.0. The molecule has 6 heteroatoms. The molecule has 110 valence electrons. The highest BCUT2D eigenvalue weighted by atomic mass is 16.1. The summed E-state index contributed by atoms with van der Waals surface area (Å²) < 4.78 is 1.90. The van der Waals surface area contributed by atoms with Gasteiger partial charge in [0.15, 0.2) is 0 Å². The van der Waals surface area contributed by atoms with Crippen molar-refractivity contribution in [2.45, 2.75) is 19.8 Å². The van der Waals surface area contributed by atoms with E-state index in [-0.39, 0.29) is 11.8 Å². The molecule has 0 saturated carbocycles. The molecule has 0 aliphatic carbocycles. The van der Waals surface area contributed by atoms with Crippen LogP contribution in [0.5, 0.6) is 0 Å². The van der Waals surface area contributed by atoms with E-state index in [1.54, 1.807) is 12.4 Å². The van der Waals surface area contributed by atoms with Crippen molar-refractivity contribution in [3.63, 3.8) is 0 Å². The maximum Gasteiger partial charge on any atom is 0.228 e. The normalized spacial score (nSPS) is 18.4. The number of hydrogen-bond donors (Lipinski definition) is 2. The molecule has 0 bridgehead atoms. The maximum absolute atomic E-state index is 12.1. The molecule has 2 aromatic rings. The van der Waals surface area contributed by atoms with Gasteiger partial charge < -0.3 is 10.6 Å². The van der Waals surface area contributed by atoms with Crippen LogP contribution in [0, 0.1) is 12.8 Å². The maximum atomic E-state index is 12.1. The Bertz CT molecular complexity index is 613. The number of pyridine rings is 1. The van der Waals surface area contributed by atoms with Crippen LogP contribution in [0.1, 0.15) is 18.7 Å². The Labute approximate surface area is 123 Å². The molecular formula is C15H19N5O. The topological polar surface area (TPSA) is 71.8 Å². The van der Waals surface area contributed by atoms with Crippen LogP contribution in [0.15, 0.2) is 30.7 Å². The molecule has 0 aromatic carbocycles. The Morgan fingerprint density at radius 1 is 1.43 bits per heavy atom. The molecule has 2 N–H and O–H groups in total. The van der Waals surface area contributed by atoms with E-state index in [4.69, 9.17) is 0 Å². The lowest BCUT2D eigenvalue weighted by molar-refractivity contribution is -0.120. The number of amides is 1. The van der Waals surface area contributed by atoms with Gasteiger partial charge in [-0.05, 0) is 38.4 Å². The minimum absolute atomic E-state index is 0.0503. The highest BCUT2D eigenvalue weighted by Crippen LogP contribution is 2.15. The first kappa shape index (κ1) is 13.8.